The zero-order valence-electron chi connectivity index (χ0n) is 20.1. The topological polar surface area (TPSA) is 85.5 Å². The molecule has 184 valence electrons. The number of carbonyl (C=O) groups excluding carboxylic acids is 2. The number of carbonyl (C=O) groups is 2. The molecule has 36 heavy (non-hydrogen) atoms. The lowest BCUT2D eigenvalue weighted by atomic mass is 9.80. The minimum Gasteiger partial charge on any atom is -0.310 e. The lowest BCUT2D eigenvalue weighted by Gasteiger charge is -2.34. The van der Waals surface area contributed by atoms with Crippen LogP contribution in [0.4, 0.5) is 10.5 Å². The average molecular weight is 523 g/mol. The van der Waals surface area contributed by atoms with E-state index in [0.29, 0.717) is 40.9 Å². The van der Waals surface area contributed by atoms with Crippen molar-refractivity contribution < 1.29 is 9.59 Å². The minimum atomic E-state index is -1.14. The lowest BCUT2D eigenvalue weighted by molar-refractivity contribution is -0.124. The summed E-state index contributed by atoms with van der Waals surface area (Å²) in [5, 5.41) is 14.3. The molecule has 2 fully saturated rings. The summed E-state index contributed by atoms with van der Waals surface area (Å²) in [5.74, 6) is -0.642. The van der Waals surface area contributed by atoms with Gasteiger partial charge in [0, 0.05) is 61.0 Å². The number of halogens is 2. The normalized spacial score (nSPS) is 22.2. The number of urea groups is 1. The molecule has 3 aromatic rings. The van der Waals surface area contributed by atoms with Gasteiger partial charge in [-0.3, -0.25) is 14.4 Å². The van der Waals surface area contributed by atoms with Crippen LogP contribution in [-0.4, -0.2) is 57.2 Å². The van der Waals surface area contributed by atoms with Crippen molar-refractivity contribution in [2.45, 2.75) is 24.9 Å². The van der Waals surface area contributed by atoms with Crippen LogP contribution in [0.1, 0.15) is 28.3 Å². The summed E-state index contributed by atoms with van der Waals surface area (Å²) < 4.78 is 1.82. The fourth-order valence-electron chi connectivity index (χ4n) is 5.35. The molecule has 8 nitrogen and oxygen atoms in total. The molecular formula is C26H24Cl2N6O2. The second-order valence-corrected chi connectivity index (χ2v) is 10.2. The van der Waals surface area contributed by atoms with Crippen LogP contribution in [0, 0.1) is 18.3 Å². The van der Waals surface area contributed by atoms with Gasteiger partial charge in [-0.1, -0.05) is 35.3 Å². The van der Waals surface area contributed by atoms with Gasteiger partial charge in [-0.25, -0.2) is 9.69 Å². The van der Waals surface area contributed by atoms with Crippen molar-refractivity contribution in [2.75, 3.05) is 25.0 Å². The van der Waals surface area contributed by atoms with Crippen molar-refractivity contribution >= 4 is 40.8 Å². The maximum absolute atomic E-state index is 14.2. The summed E-state index contributed by atoms with van der Waals surface area (Å²) in [7, 11) is 3.56. The summed E-state index contributed by atoms with van der Waals surface area (Å²) in [6.07, 6.45) is 1.84. The van der Waals surface area contributed by atoms with Crippen molar-refractivity contribution in [3.8, 4) is 6.07 Å². The first-order chi connectivity index (χ1) is 17.1. The van der Waals surface area contributed by atoms with Gasteiger partial charge in [-0.2, -0.15) is 10.4 Å². The molecule has 2 saturated heterocycles. The van der Waals surface area contributed by atoms with E-state index < -0.39 is 11.6 Å². The molecule has 2 aliphatic rings. The second-order valence-electron chi connectivity index (χ2n) is 9.37. The van der Waals surface area contributed by atoms with Gasteiger partial charge in [-0.15, -0.1) is 0 Å². The molecule has 2 aromatic carbocycles. The summed E-state index contributed by atoms with van der Waals surface area (Å²) >= 11 is 12.4. The molecule has 2 aliphatic heterocycles. The van der Waals surface area contributed by atoms with Crippen molar-refractivity contribution in [1.29, 1.82) is 5.26 Å². The Labute approximate surface area is 219 Å². The Kier molecular flexibility index (Phi) is 6.03. The number of hydrogen-bond acceptors (Lipinski definition) is 5. The molecule has 0 unspecified atom stereocenters. The van der Waals surface area contributed by atoms with Crippen LogP contribution in [0.2, 0.25) is 10.0 Å². The van der Waals surface area contributed by atoms with Crippen LogP contribution in [0.3, 0.4) is 0 Å². The van der Waals surface area contributed by atoms with Gasteiger partial charge >= 0.3 is 6.03 Å². The smallest absolute Gasteiger partial charge is 0.310 e. The number of nitrogens with zero attached hydrogens (tertiary/aromatic N) is 6. The van der Waals surface area contributed by atoms with Crippen LogP contribution >= 0.6 is 23.2 Å². The predicted molar refractivity (Wildman–Crippen MR) is 137 cm³/mol. The van der Waals surface area contributed by atoms with E-state index in [1.165, 1.54) is 4.90 Å². The molecule has 5 rings (SSSR count). The van der Waals surface area contributed by atoms with E-state index in [1.807, 2.05) is 37.0 Å². The average Bonchev–Trinajstić information content (AvgIpc) is 3.44. The Balaban J connectivity index is 1.59. The van der Waals surface area contributed by atoms with Gasteiger partial charge in [0.15, 0.2) is 0 Å². The number of nitriles is 1. The standard InChI is InChI=1S/C26H24Cl2N6O2/c1-16-19(12-30-32(16)3)13-33-14-23(18-6-4-17(11-29)5-7-18)26(15-33)24(35)34(25(36)31(26)2)22-9-20(27)8-21(28)10-22/h4-10,12,23H,13-15H2,1-3H3/t23-,26+/m0/s1. The highest BCUT2D eigenvalue weighted by Crippen LogP contribution is 2.47. The number of aryl methyl sites for hydroxylation is 1. The fraction of sp³-hybridized carbons (Fsp3) is 0.308. The molecule has 3 amide bonds. The molecule has 0 bridgehead atoms. The molecular weight excluding hydrogens is 499 g/mol. The van der Waals surface area contributed by atoms with Gasteiger partial charge in [0.1, 0.15) is 5.54 Å². The second kappa shape index (κ2) is 8.93. The van der Waals surface area contributed by atoms with Gasteiger partial charge in [0.05, 0.1) is 23.5 Å². The number of imide groups is 1. The van der Waals surface area contributed by atoms with Crippen molar-refractivity contribution in [3.63, 3.8) is 0 Å². The van der Waals surface area contributed by atoms with Gasteiger partial charge in [0.2, 0.25) is 0 Å². The Morgan fingerprint density at radius 2 is 1.78 bits per heavy atom. The first-order valence-electron chi connectivity index (χ1n) is 11.4. The van der Waals surface area contributed by atoms with Crippen LogP contribution in [0.25, 0.3) is 0 Å². The van der Waals surface area contributed by atoms with Crippen LogP contribution < -0.4 is 4.90 Å². The van der Waals surface area contributed by atoms with Crippen molar-refractivity contribution in [1.82, 2.24) is 19.6 Å². The first-order valence-corrected chi connectivity index (χ1v) is 12.2. The van der Waals surface area contributed by atoms with Crippen molar-refractivity contribution in [2.24, 2.45) is 7.05 Å². The highest BCUT2D eigenvalue weighted by atomic mass is 35.5. The SMILES string of the molecule is Cc1c(CN2C[C@@H](c3ccc(C#N)cc3)[C@]3(C2)C(=O)N(c2cc(Cl)cc(Cl)c2)C(=O)N3C)cnn1C. The van der Waals surface area contributed by atoms with Crippen molar-refractivity contribution in [3.05, 3.63) is 81.1 Å². The van der Waals surface area contributed by atoms with E-state index in [4.69, 9.17) is 23.2 Å². The van der Waals surface area contributed by atoms with E-state index in [-0.39, 0.29) is 11.8 Å². The van der Waals surface area contributed by atoms with E-state index in [0.717, 1.165) is 16.8 Å². The summed E-state index contributed by atoms with van der Waals surface area (Å²) in [6, 6.07) is 13.6. The molecule has 1 aromatic heterocycles. The molecule has 0 aliphatic carbocycles. The Hall–Kier alpha value is -3.38. The number of aromatic nitrogens is 2. The largest absolute Gasteiger partial charge is 0.332 e. The van der Waals surface area contributed by atoms with Gasteiger partial charge in [-0.05, 0) is 42.8 Å². The third kappa shape index (κ3) is 3.75. The highest BCUT2D eigenvalue weighted by Gasteiger charge is 2.64. The molecule has 2 atom stereocenters. The van der Waals surface area contributed by atoms with Crippen LogP contribution in [-0.2, 0) is 18.4 Å². The molecule has 0 saturated carbocycles. The number of rotatable bonds is 4. The van der Waals surface area contributed by atoms with Crippen LogP contribution in [0.15, 0.2) is 48.7 Å². The van der Waals surface area contributed by atoms with E-state index in [1.54, 1.807) is 42.3 Å². The molecule has 3 heterocycles. The number of benzene rings is 2. The highest BCUT2D eigenvalue weighted by molar-refractivity contribution is 6.35. The summed E-state index contributed by atoms with van der Waals surface area (Å²) in [5.41, 5.74) is 2.72. The monoisotopic (exact) mass is 522 g/mol. The van der Waals surface area contributed by atoms with Gasteiger partial charge < -0.3 is 4.90 Å². The number of anilines is 1. The third-order valence-corrected chi connectivity index (χ3v) is 7.85. The Bertz CT molecular complexity index is 1390. The Morgan fingerprint density at radius 1 is 1.11 bits per heavy atom. The minimum absolute atomic E-state index is 0.316. The lowest BCUT2D eigenvalue weighted by Crippen LogP contribution is -2.53. The van der Waals surface area contributed by atoms with E-state index in [9.17, 15) is 14.9 Å². The third-order valence-electron chi connectivity index (χ3n) is 7.41. The summed E-state index contributed by atoms with van der Waals surface area (Å²) in [4.78, 5) is 32.7. The molecule has 0 N–H and O–H groups in total. The van der Waals surface area contributed by atoms with Gasteiger partial charge in [0.25, 0.3) is 5.91 Å². The maximum Gasteiger partial charge on any atom is 0.332 e. The Morgan fingerprint density at radius 3 is 2.36 bits per heavy atom. The first kappa shape index (κ1) is 24.3. The quantitative estimate of drug-likeness (QED) is 0.475. The zero-order chi connectivity index (χ0) is 25.8. The molecule has 0 radical (unpaired) electrons. The number of amides is 3. The van der Waals surface area contributed by atoms with Crippen LogP contribution in [0.5, 0.6) is 0 Å². The predicted octanol–water partition coefficient (Wildman–Crippen LogP) is 4.34. The number of likely N-dealkylation sites (tertiary alicyclic amines) is 1. The fourth-order valence-corrected chi connectivity index (χ4v) is 5.87. The molecule has 10 heteroatoms. The molecule has 1 spiro atoms. The van der Waals surface area contributed by atoms with E-state index >= 15 is 0 Å². The summed E-state index contributed by atoms with van der Waals surface area (Å²) in [6.45, 7) is 3.49. The van der Waals surface area contributed by atoms with E-state index in [2.05, 4.69) is 16.1 Å². The maximum atomic E-state index is 14.2. The number of hydrogen-bond donors (Lipinski definition) is 0. The number of likely N-dealkylation sites (N-methyl/N-ethyl adjacent to an activating group) is 1. The zero-order valence-corrected chi connectivity index (χ0v) is 21.6.